The van der Waals surface area contributed by atoms with Gasteiger partial charge in [-0.05, 0) is 24.1 Å². The van der Waals surface area contributed by atoms with E-state index in [0.29, 0.717) is 23.0 Å². The molecule has 0 unspecified atom stereocenters. The van der Waals surface area contributed by atoms with E-state index in [2.05, 4.69) is 39.3 Å². The maximum atomic E-state index is 12.0. The molecule has 2 aromatic heterocycles. The summed E-state index contributed by atoms with van der Waals surface area (Å²) >= 11 is 0. The smallest absolute Gasteiger partial charge is 0.279 e. The molecule has 0 bridgehead atoms. The summed E-state index contributed by atoms with van der Waals surface area (Å²) in [5, 5.41) is 11.4. The summed E-state index contributed by atoms with van der Waals surface area (Å²) in [5.74, 6) is 1.59. The fourth-order valence-corrected chi connectivity index (χ4v) is 2.96. The Balaban J connectivity index is 1.65. The first-order chi connectivity index (χ1) is 12.6. The first-order valence-electron chi connectivity index (χ1n) is 8.45. The van der Waals surface area contributed by atoms with Crippen LogP contribution in [0.2, 0.25) is 0 Å². The molecule has 1 amide bonds. The Bertz CT molecular complexity index is 1000. The fraction of sp³-hybridized carbons (Fsp3) is 0.211. The third-order valence-corrected chi connectivity index (χ3v) is 4.05. The molecule has 0 radical (unpaired) electrons. The van der Waals surface area contributed by atoms with Crippen molar-refractivity contribution in [1.82, 2.24) is 19.7 Å². The van der Waals surface area contributed by atoms with Crippen molar-refractivity contribution in [2.45, 2.75) is 20.4 Å². The Morgan fingerprint density at radius 2 is 2.00 bits per heavy atom. The average molecular weight is 346 g/mol. The van der Waals surface area contributed by atoms with Gasteiger partial charge in [0.15, 0.2) is 5.82 Å². The molecule has 7 nitrogen and oxygen atoms in total. The van der Waals surface area contributed by atoms with Gasteiger partial charge in [-0.1, -0.05) is 32.0 Å². The van der Waals surface area contributed by atoms with Gasteiger partial charge in [-0.3, -0.25) is 4.79 Å². The van der Waals surface area contributed by atoms with Gasteiger partial charge in [-0.2, -0.15) is 0 Å². The molecule has 0 saturated heterocycles. The highest BCUT2D eigenvalue weighted by Gasteiger charge is 2.20. The molecular formula is C19H18N6O. The lowest BCUT2D eigenvalue weighted by Crippen LogP contribution is -2.06. The highest BCUT2D eigenvalue weighted by atomic mass is 16.1. The number of fused-ring (bicyclic) bond motifs is 1. The van der Waals surface area contributed by atoms with E-state index in [1.165, 1.54) is 0 Å². The van der Waals surface area contributed by atoms with Gasteiger partial charge in [-0.15, -0.1) is 10.2 Å². The van der Waals surface area contributed by atoms with E-state index >= 15 is 0 Å². The number of nitrogens with zero attached hydrogens (tertiary/aromatic N) is 5. The monoisotopic (exact) mass is 346 g/mol. The second-order valence-electron chi connectivity index (χ2n) is 6.57. The predicted molar refractivity (Wildman–Crippen MR) is 99.7 cm³/mol. The van der Waals surface area contributed by atoms with Crippen LogP contribution in [-0.2, 0) is 6.54 Å². The number of aromatic nitrogens is 4. The number of carbonyl (C=O) groups is 1. The van der Waals surface area contributed by atoms with E-state index in [4.69, 9.17) is 0 Å². The number of amides is 1. The number of benzene rings is 1. The van der Waals surface area contributed by atoms with Crippen LogP contribution < -0.4 is 5.32 Å². The number of hydrogen-bond acceptors (Lipinski definition) is 5. The van der Waals surface area contributed by atoms with Crippen LogP contribution in [0.4, 0.5) is 11.5 Å². The molecule has 130 valence electrons. The van der Waals surface area contributed by atoms with Gasteiger partial charge in [0, 0.05) is 18.3 Å². The van der Waals surface area contributed by atoms with Crippen LogP contribution in [0.25, 0.3) is 11.5 Å². The summed E-state index contributed by atoms with van der Waals surface area (Å²) in [6.07, 6.45) is 3.30. The van der Waals surface area contributed by atoms with E-state index in [9.17, 15) is 4.79 Å². The molecule has 3 aromatic rings. The third kappa shape index (κ3) is 2.99. The van der Waals surface area contributed by atoms with Crippen LogP contribution >= 0.6 is 0 Å². The van der Waals surface area contributed by atoms with Gasteiger partial charge in [0.25, 0.3) is 5.91 Å². The molecule has 1 aromatic carbocycles. The summed E-state index contributed by atoms with van der Waals surface area (Å²) in [4.78, 5) is 20.5. The third-order valence-electron chi connectivity index (χ3n) is 4.05. The summed E-state index contributed by atoms with van der Waals surface area (Å²) < 4.78 is 1.99. The number of hydrogen-bond donors (Lipinski definition) is 1. The van der Waals surface area contributed by atoms with Gasteiger partial charge in [0.1, 0.15) is 17.8 Å². The van der Waals surface area contributed by atoms with Gasteiger partial charge in [0.05, 0.1) is 11.3 Å². The molecular weight excluding hydrogens is 328 g/mol. The highest BCUT2D eigenvalue weighted by molar-refractivity contribution is 6.16. The number of nitrogens with one attached hydrogen (secondary N) is 1. The minimum atomic E-state index is -0.240. The SMILES string of the molecule is CC(C)Cn1cnnc1-c1cccc(Nc2cccc3c2C(=O)N=C3)n1. The minimum absolute atomic E-state index is 0.240. The van der Waals surface area contributed by atoms with Gasteiger partial charge in [-0.25, -0.2) is 9.98 Å². The fourth-order valence-electron chi connectivity index (χ4n) is 2.96. The van der Waals surface area contributed by atoms with Gasteiger partial charge < -0.3 is 9.88 Å². The standard InChI is InChI=1S/C19H18N6O/c1-12(2)10-25-11-21-24-18(25)15-7-4-8-16(23-15)22-14-6-3-5-13-9-20-19(26)17(13)14/h3-9,11-12H,10H2,1-2H3,(H,22,23). The van der Waals surface area contributed by atoms with Crippen molar-refractivity contribution >= 4 is 23.6 Å². The van der Waals surface area contributed by atoms with Crippen molar-refractivity contribution in [1.29, 1.82) is 0 Å². The maximum Gasteiger partial charge on any atom is 0.279 e. The van der Waals surface area contributed by atoms with Crippen LogP contribution in [-0.4, -0.2) is 31.9 Å². The Hall–Kier alpha value is -3.35. The quantitative estimate of drug-likeness (QED) is 0.766. The van der Waals surface area contributed by atoms with Crippen LogP contribution in [0.15, 0.2) is 47.7 Å². The summed E-state index contributed by atoms with van der Waals surface area (Å²) in [7, 11) is 0. The van der Waals surface area contributed by atoms with E-state index in [-0.39, 0.29) is 5.91 Å². The largest absolute Gasteiger partial charge is 0.340 e. The van der Waals surface area contributed by atoms with Crippen LogP contribution in [0.3, 0.4) is 0 Å². The van der Waals surface area contributed by atoms with Crippen LogP contribution in [0.1, 0.15) is 29.8 Å². The molecule has 3 heterocycles. The lowest BCUT2D eigenvalue weighted by Gasteiger charge is -2.11. The molecule has 0 saturated carbocycles. The minimum Gasteiger partial charge on any atom is -0.340 e. The Morgan fingerprint density at radius 3 is 2.85 bits per heavy atom. The summed E-state index contributed by atoms with van der Waals surface area (Å²) in [5.41, 5.74) is 2.80. The van der Waals surface area contributed by atoms with E-state index in [1.54, 1.807) is 12.5 Å². The van der Waals surface area contributed by atoms with Crippen molar-refractivity contribution in [3.63, 3.8) is 0 Å². The Morgan fingerprint density at radius 1 is 1.15 bits per heavy atom. The topological polar surface area (TPSA) is 85.1 Å². The molecule has 1 aliphatic rings. The molecule has 7 heteroatoms. The second kappa shape index (κ2) is 6.51. The zero-order chi connectivity index (χ0) is 18.1. The Kier molecular flexibility index (Phi) is 4.04. The molecule has 0 aliphatic carbocycles. The molecule has 1 aliphatic heterocycles. The molecule has 4 rings (SSSR count). The molecule has 0 spiro atoms. The molecule has 0 atom stereocenters. The molecule has 26 heavy (non-hydrogen) atoms. The first kappa shape index (κ1) is 16.1. The Labute approximate surface area is 150 Å². The van der Waals surface area contributed by atoms with Crippen LogP contribution in [0, 0.1) is 5.92 Å². The second-order valence-corrected chi connectivity index (χ2v) is 6.57. The van der Waals surface area contributed by atoms with Gasteiger partial charge >= 0.3 is 0 Å². The van der Waals surface area contributed by atoms with E-state index in [1.807, 2.05) is 41.0 Å². The maximum absolute atomic E-state index is 12.0. The van der Waals surface area contributed by atoms with Crippen molar-refractivity contribution in [3.8, 4) is 11.5 Å². The zero-order valence-corrected chi connectivity index (χ0v) is 14.5. The lowest BCUT2D eigenvalue weighted by molar-refractivity contribution is 0.101. The zero-order valence-electron chi connectivity index (χ0n) is 14.5. The summed E-state index contributed by atoms with van der Waals surface area (Å²) in [6.45, 7) is 5.11. The molecule has 1 N–H and O–H groups in total. The summed E-state index contributed by atoms with van der Waals surface area (Å²) in [6, 6.07) is 11.3. The molecule has 0 fully saturated rings. The van der Waals surface area contributed by atoms with Crippen molar-refractivity contribution in [2.24, 2.45) is 10.9 Å². The highest BCUT2D eigenvalue weighted by Crippen LogP contribution is 2.27. The predicted octanol–water partition coefficient (Wildman–Crippen LogP) is 3.31. The number of aliphatic imine (C=N–C) groups is 1. The number of rotatable bonds is 5. The van der Waals surface area contributed by atoms with E-state index in [0.717, 1.165) is 23.6 Å². The normalized spacial score (nSPS) is 12.7. The first-order valence-corrected chi connectivity index (χ1v) is 8.45. The number of pyridine rings is 1. The number of anilines is 2. The lowest BCUT2D eigenvalue weighted by atomic mass is 10.1. The van der Waals surface area contributed by atoms with Crippen molar-refractivity contribution in [3.05, 3.63) is 53.9 Å². The average Bonchev–Trinajstić information content (AvgIpc) is 3.22. The van der Waals surface area contributed by atoms with E-state index < -0.39 is 0 Å². The van der Waals surface area contributed by atoms with Crippen molar-refractivity contribution in [2.75, 3.05) is 5.32 Å². The van der Waals surface area contributed by atoms with Gasteiger partial charge in [0.2, 0.25) is 0 Å². The van der Waals surface area contributed by atoms with Crippen LogP contribution in [0.5, 0.6) is 0 Å². The number of carbonyl (C=O) groups excluding carboxylic acids is 1. The van der Waals surface area contributed by atoms with Crippen molar-refractivity contribution < 1.29 is 4.79 Å².